The van der Waals surface area contributed by atoms with Crippen LogP contribution in [0.2, 0.25) is 4.34 Å². The van der Waals surface area contributed by atoms with E-state index in [0.29, 0.717) is 0 Å². The SMILES string of the molecule is O=S(=O)(Nc1ccc(F)nc1F)c1ccc(Cl)s1. The summed E-state index contributed by atoms with van der Waals surface area (Å²) >= 11 is 6.43. The number of nitrogens with one attached hydrogen (secondary N) is 1. The van der Waals surface area contributed by atoms with E-state index in [-0.39, 0.29) is 8.55 Å². The predicted molar refractivity (Wildman–Crippen MR) is 64.3 cm³/mol. The van der Waals surface area contributed by atoms with Gasteiger partial charge in [-0.3, -0.25) is 4.72 Å². The van der Waals surface area contributed by atoms with Crippen LogP contribution in [0.15, 0.2) is 28.5 Å². The molecule has 1 N–H and O–H groups in total. The maximum absolute atomic E-state index is 13.2. The van der Waals surface area contributed by atoms with Crippen LogP contribution in [0.3, 0.4) is 0 Å². The molecule has 96 valence electrons. The van der Waals surface area contributed by atoms with E-state index in [4.69, 9.17) is 11.6 Å². The fourth-order valence-electron chi connectivity index (χ4n) is 1.13. The van der Waals surface area contributed by atoms with E-state index in [1.807, 2.05) is 4.72 Å². The van der Waals surface area contributed by atoms with E-state index in [1.165, 1.54) is 12.1 Å². The van der Waals surface area contributed by atoms with Gasteiger partial charge in [0, 0.05) is 0 Å². The van der Waals surface area contributed by atoms with Crippen molar-refractivity contribution in [1.82, 2.24) is 4.98 Å². The lowest BCUT2D eigenvalue weighted by Crippen LogP contribution is -2.13. The molecule has 0 saturated heterocycles. The molecular weight excluding hydrogens is 306 g/mol. The van der Waals surface area contributed by atoms with Crippen molar-refractivity contribution in [3.63, 3.8) is 0 Å². The lowest BCUT2D eigenvalue weighted by molar-refractivity contribution is 0.515. The van der Waals surface area contributed by atoms with Gasteiger partial charge in [-0.15, -0.1) is 11.3 Å². The summed E-state index contributed by atoms with van der Waals surface area (Å²) in [5.41, 5.74) is -0.430. The number of sulfonamides is 1. The molecule has 0 bridgehead atoms. The molecule has 0 fully saturated rings. The summed E-state index contributed by atoms with van der Waals surface area (Å²) in [5, 5.41) is 0. The third-order valence-electron chi connectivity index (χ3n) is 1.87. The van der Waals surface area contributed by atoms with Crippen molar-refractivity contribution in [2.45, 2.75) is 4.21 Å². The van der Waals surface area contributed by atoms with Gasteiger partial charge >= 0.3 is 0 Å². The fraction of sp³-hybridized carbons (Fsp3) is 0. The highest BCUT2D eigenvalue weighted by Crippen LogP contribution is 2.27. The molecule has 0 aliphatic heterocycles. The zero-order valence-corrected chi connectivity index (χ0v) is 10.9. The Morgan fingerprint density at radius 2 is 1.94 bits per heavy atom. The van der Waals surface area contributed by atoms with Gasteiger partial charge in [0.15, 0.2) is 0 Å². The highest BCUT2D eigenvalue weighted by atomic mass is 35.5. The number of hydrogen-bond donors (Lipinski definition) is 1. The number of hydrogen-bond acceptors (Lipinski definition) is 4. The van der Waals surface area contributed by atoms with Gasteiger partial charge in [0.1, 0.15) is 9.90 Å². The molecule has 2 heterocycles. The molecule has 0 saturated carbocycles. The summed E-state index contributed by atoms with van der Waals surface area (Å²) in [4.78, 5) is 2.87. The van der Waals surface area contributed by atoms with Gasteiger partial charge in [-0.2, -0.15) is 13.8 Å². The molecule has 0 atom stereocenters. The lowest BCUT2D eigenvalue weighted by atomic mass is 10.4. The van der Waals surface area contributed by atoms with Crippen LogP contribution in [0, 0.1) is 11.9 Å². The van der Waals surface area contributed by atoms with Gasteiger partial charge in [-0.1, -0.05) is 11.6 Å². The number of pyridine rings is 1. The lowest BCUT2D eigenvalue weighted by Gasteiger charge is -2.06. The largest absolute Gasteiger partial charge is 0.274 e. The smallest absolute Gasteiger partial charge is 0.271 e. The maximum Gasteiger partial charge on any atom is 0.271 e. The summed E-state index contributed by atoms with van der Waals surface area (Å²) in [6, 6.07) is 4.48. The zero-order chi connectivity index (χ0) is 13.3. The first-order chi connectivity index (χ1) is 8.38. The van der Waals surface area contributed by atoms with Crippen molar-refractivity contribution in [3.05, 3.63) is 40.5 Å². The van der Waals surface area contributed by atoms with E-state index in [0.717, 1.165) is 23.5 Å². The van der Waals surface area contributed by atoms with Crippen LogP contribution >= 0.6 is 22.9 Å². The van der Waals surface area contributed by atoms with Gasteiger partial charge in [-0.25, -0.2) is 8.42 Å². The maximum atomic E-state index is 13.2. The minimum Gasteiger partial charge on any atom is -0.274 e. The summed E-state index contributed by atoms with van der Waals surface area (Å²) in [6.45, 7) is 0. The normalized spacial score (nSPS) is 11.5. The monoisotopic (exact) mass is 310 g/mol. The van der Waals surface area contributed by atoms with Crippen molar-refractivity contribution in [3.8, 4) is 0 Å². The highest BCUT2D eigenvalue weighted by molar-refractivity contribution is 7.94. The molecule has 2 rings (SSSR count). The van der Waals surface area contributed by atoms with Gasteiger partial charge in [0.05, 0.1) is 4.34 Å². The van der Waals surface area contributed by atoms with Crippen LogP contribution < -0.4 is 4.72 Å². The molecule has 0 radical (unpaired) electrons. The molecule has 0 spiro atoms. The quantitative estimate of drug-likeness (QED) is 0.887. The second-order valence-corrected chi connectivity index (χ2v) is 6.76. The van der Waals surface area contributed by atoms with E-state index < -0.39 is 27.6 Å². The first kappa shape index (κ1) is 13.2. The van der Waals surface area contributed by atoms with Crippen LogP contribution in [0.25, 0.3) is 0 Å². The van der Waals surface area contributed by atoms with Crippen molar-refractivity contribution in [2.24, 2.45) is 0 Å². The minimum atomic E-state index is -3.95. The minimum absolute atomic E-state index is 0.0729. The molecule has 18 heavy (non-hydrogen) atoms. The molecule has 4 nitrogen and oxygen atoms in total. The van der Waals surface area contributed by atoms with Crippen molar-refractivity contribution in [1.29, 1.82) is 0 Å². The predicted octanol–water partition coefficient (Wildman–Crippen LogP) is 2.88. The molecule has 0 unspecified atom stereocenters. The van der Waals surface area contributed by atoms with Crippen LogP contribution in [0.5, 0.6) is 0 Å². The third kappa shape index (κ3) is 2.77. The molecule has 9 heteroatoms. The van der Waals surface area contributed by atoms with E-state index >= 15 is 0 Å². The van der Waals surface area contributed by atoms with Gasteiger partial charge < -0.3 is 0 Å². The summed E-state index contributed by atoms with van der Waals surface area (Å²) < 4.78 is 51.5. The molecule has 0 aliphatic rings. The molecule has 2 aromatic rings. The van der Waals surface area contributed by atoms with Gasteiger partial charge in [0.2, 0.25) is 11.9 Å². The molecule has 0 aromatic carbocycles. The number of rotatable bonds is 3. The Bertz CT molecular complexity index is 688. The van der Waals surface area contributed by atoms with Crippen molar-refractivity contribution >= 4 is 38.6 Å². The van der Waals surface area contributed by atoms with Crippen LogP contribution in [0.1, 0.15) is 0 Å². The fourth-order valence-corrected chi connectivity index (χ4v) is 3.66. The van der Waals surface area contributed by atoms with E-state index in [1.54, 1.807) is 0 Å². The van der Waals surface area contributed by atoms with Crippen molar-refractivity contribution < 1.29 is 17.2 Å². The molecule has 2 aromatic heterocycles. The Hall–Kier alpha value is -1.25. The van der Waals surface area contributed by atoms with E-state index in [9.17, 15) is 17.2 Å². The van der Waals surface area contributed by atoms with Gasteiger partial charge in [-0.05, 0) is 24.3 Å². The average molecular weight is 311 g/mol. The van der Waals surface area contributed by atoms with Crippen LogP contribution in [-0.4, -0.2) is 13.4 Å². The first-order valence-corrected chi connectivity index (χ1v) is 7.16. The van der Waals surface area contributed by atoms with Crippen LogP contribution in [0.4, 0.5) is 14.5 Å². The van der Waals surface area contributed by atoms with Crippen molar-refractivity contribution in [2.75, 3.05) is 4.72 Å². The zero-order valence-electron chi connectivity index (χ0n) is 8.52. The third-order valence-corrected chi connectivity index (χ3v) is 4.96. The topological polar surface area (TPSA) is 59.1 Å². The summed E-state index contributed by atoms with van der Waals surface area (Å²) in [5.74, 6) is -2.27. The number of anilines is 1. The number of halogens is 3. The number of thiophene rings is 1. The Kier molecular flexibility index (Phi) is 3.51. The average Bonchev–Trinajstić information content (AvgIpc) is 2.70. The molecular formula is C9H5ClF2N2O2S2. The van der Waals surface area contributed by atoms with E-state index in [2.05, 4.69) is 4.98 Å². The summed E-state index contributed by atoms with van der Waals surface area (Å²) in [7, 11) is -3.95. The Morgan fingerprint density at radius 1 is 1.22 bits per heavy atom. The highest BCUT2D eigenvalue weighted by Gasteiger charge is 2.19. The first-order valence-electron chi connectivity index (χ1n) is 4.49. The van der Waals surface area contributed by atoms with Crippen LogP contribution in [-0.2, 0) is 10.0 Å². The Morgan fingerprint density at radius 3 is 2.50 bits per heavy atom. The number of nitrogens with zero attached hydrogens (tertiary/aromatic N) is 1. The second kappa shape index (κ2) is 4.79. The number of aromatic nitrogens is 1. The molecule has 0 amide bonds. The second-order valence-electron chi connectivity index (χ2n) is 3.14. The Labute approximate surface area is 110 Å². The van der Waals surface area contributed by atoms with Gasteiger partial charge in [0.25, 0.3) is 10.0 Å². The molecule has 0 aliphatic carbocycles. The standard InChI is InChI=1S/C9H5ClF2N2O2S2/c10-6-2-4-8(17-6)18(15,16)14-5-1-3-7(11)13-9(5)12/h1-4,14H. The summed E-state index contributed by atoms with van der Waals surface area (Å²) in [6.07, 6.45) is 0. The Balaban J connectivity index is 2.33.